The number of amides is 1. The topological polar surface area (TPSA) is 90.9 Å². The highest BCUT2D eigenvalue weighted by molar-refractivity contribution is 6.01. The second kappa shape index (κ2) is 4.80. The third-order valence-corrected chi connectivity index (χ3v) is 3.27. The summed E-state index contributed by atoms with van der Waals surface area (Å²) in [4.78, 5) is 11.3. The first kappa shape index (κ1) is 12.9. The van der Waals surface area contributed by atoms with Gasteiger partial charge in [0.1, 0.15) is 5.82 Å². The van der Waals surface area contributed by atoms with Crippen molar-refractivity contribution >= 4 is 28.7 Å². The van der Waals surface area contributed by atoms with Gasteiger partial charge in [0.2, 0.25) is 5.91 Å². The molecule has 1 amide bonds. The number of nitrogens with zero attached hydrogens (tertiary/aromatic N) is 1. The lowest BCUT2D eigenvalue weighted by Gasteiger charge is -2.12. The number of halogens is 1. The highest BCUT2D eigenvalue weighted by Gasteiger charge is 2.19. The standard InChI is InChI=1S/C15H11FN4O/c16-10-3-8(7-17)1-2-12(10)19-14-6-13-9(4-11(14)18)5-15(21)20-13/h1-4,6,19H,5,18H2,(H,20,21). The third kappa shape index (κ3) is 2.37. The molecule has 1 aliphatic rings. The predicted octanol–water partition coefficient (Wildman–Crippen LogP) is 2.52. The van der Waals surface area contributed by atoms with Crippen LogP contribution < -0.4 is 16.4 Å². The van der Waals surface area contributed by atoms with Crippen LogP contribution in [-0.2, 0) is 11.2 Å². The zero-order valence-corrected chi connectivity index (χ0v) is 10.9. The second-order valence-corrected chi connectivity index (χ2v) is 4.75. The molecule has 1 heterocycles. The maximum atomic E-state index is 13.9. The van der Waals surface area contributed by atoms with Crippen molar-refractivity contribution < 1.29 is 9.18 Å². The van der Waals surface area contributed by atoms with Crippen LogP contribution in [0.1, 0.15) is 11.1 Å². The Morgan fingerprint density at radius 2 is 2.10 bits per heavy atom. The van der Waals surface area contributed by atoms with E-state index in [2.05, 4.69) is 10.6 Å². The van der Waals surface area contributed by atoms with Crippen LogP contribution in [-0.4, -0.2) is 5.91 Å². The number of benzene rings is 2. The maximum Gasteiger partial charge on any atom is 0.228 e. The van der Waals surface area contributed by atoms with Crippen molar-refractivity contribution in [1.29, 1.82) is 5.26 Å². The average Bonchev–Trinajstić information content (AvgIpc) is 2.80. The van der Waals surface area contributed by atoms with E-state index in [0.29, 0.717) is 23.5 Å². The van der Waals surface area contributed by atoms with Crippen molar-refractivity contribution in [3.05, 3.63) is 47.3 Å². The second-order valence-electron chi connectivity index (χ2n) is 4.75. The molecule has 0 aromatic heterocycles. The highest BCUT2D eigenvalue weighted by Crippen LogP contribution is 2.33. The molecule has 6 heteroatoms. The van der Waals surface area contributed by atoms with E-state index in [-0.39, 0.29) is 17.2 Å². The molecule has 0 aliphatic carbocycles. The number of fused-ring (bicyclic) bond motifs is 1. The zero-order valence-electron chi connectivity index (χ0n) is 10.9. The molecule has 0 saturated heterocycles. The Morgan fingerprint density at radius 3 is 2.81 bits per heavy atom. The van der Waals surface area contributed by atoms with Gasteiger partial charge in [-0.15, -0.1) is 0 Å². The minimum atomic E-state index is -0.544. The van der Waals surface area contributed by atoms with Gasteiger partial charge < -0.3 is 16.4 Å². The van der Waals surface area contributed by atoms with Gasteiger partial charge in [-0.3, -0.25) is 4.79 Å². The quantitative estimate of drug-likeness (QED) is 0.738. The van der Waals surface area contributed by atoms with Gasteiger partial charge in [-0.2, -0.15) is 5.26 Å². The number of nitriles is 1. The van der Waals surface area contributed by atoms with E-state index < -0.39 is 5.82 Å². The summed E-state index contributed by atoms with van der Waals surface area (Å²) in [7, 11) is 0. The number of nitrogens with two attached hydrogens (primary N) is 1. The number of carbonyl (C=O) groups excluding carboxylic acids is 1. The Balaban J connectivity index is 1.94. The molecule has 0 radical (unpaired) electrons. The summed E-state index contributed by atoms with van der Waals surface area (Å²) in [5.74, 6) is -0.635. The number of nitrogen functional groups attached to an aromatic ring is 1. The number of carbonyl (C=O) groups is 1. The molecule has 2 aromatic carbocycles. The molecule has 21 heavy (non-hydrogen) atoms. The van der Waals surface area contributed by atoms with E-state index in [1.165, 1.54) is 12.1 Å². The van der Waals surface area contributed by atoms with Gasteiger partial charge in [0, 0.05) is 5.69 Å². The SMILES string of the molecule is N#Cc1ccc(Nc2cc3c(cc2N)CC(=O)N3)c(F)c1. The van der Waals surface area contributed by atoms with Crippen LogP contribution in [0.2, 0.25) is 0 Å². The molecule has 0 fully saturated rings. The predicted molar refractivity (Wildman–Crippen MR) is 77.6 cm³/mol. The molecule has 0 bridgehead atoms. The monoisotopic (exact) mass is 282 g/mol. The molecule has 2 aromatic rings. The molecule has 0 spiro atoms. The van der Waals surface area contributed by atoms with Gasteiger partial charge in [-0.05, 0) is 35.9 Å². The number of hydrogen-bond acceptors (Lipinski definition) is 4. The summed E-state index contributed by atoms with van der Waals surface area (Å²) in [6.07, 6.45) is 0.297. The van der Waals surface area contributed by atoms with Crippen molar-refractivity contribution in [2.24, 2.45) is 0 Å². The maximum absolute atomic E-state index is 13.9. The highest BCUT2D eigenvalue weighted by atomic mass is 19.1. The van der Waals surface area contributed by atoms with Gasteiger partial charge in [-0.1, -0.05) is 0 Å². The van der Waals surface area contributed by atoms with Crippen LogP contribution in [0.5, 0.6) is 0 Å². The van der Waals surface area contributed by atoms with E-state index in [4.69, 9.17) is 11.0 Å². The van der Waals surface area contributed by atoms with Crippen LogP contribution in [0.4, 0.5) is 27.1 Å². The molecule has 104 valence electrons. The van der Waals surface area contributed by atoms with Crippen LogP contribution in [0.25, 0.3) is 0 Å². The van der Waals surface area contributed by atoms with E-state index in [1.54, 1.807) is 12.1 Å². The summed E-state index contributed by atoms with van der Waals surface area (Å²) >= 11 is 0. The summed E-state index contributed by atoms with van der Waals surface area (Å²) in [6.45, 7) is 0. The van der Waals surface area contributed by atoms with Gasteiger partial charge in [0.15, 0.2) is 0 Å². The first-order valence-corrected chi connectivity index (χ1v) is 6.26. The van der Waals surface area contributed by atoms with Crippen LogP contribution in [0.3, 0.4) is 0 Å². The van der Waals surface area contributed by atoms with E-state index in [1.807, 2.05) is 6.07 Å². The molecule has 1 aliphatic heterocycles. The van der Waals surface area contributed by atoms with Gasteiger partial charge in [-0.25, -0.2) is 4.39 Å². The summed E-state index contributed by atoms with van der Waals surface area (Å²) in [6, 6.07) is 9.36. The van der Waals surface area contributed by atoms with E-state index >= 15 is 0 Å². The third-order valence-electron chi connectivity index (χ3n) is 3.27. The lowest BCUT2D eigenvalue weighted by Crippen LogP contribution is -2.03. The van der Waals surface area contributed by atoms with Gasteiger partial charge >= 0.3 is 0 Å². The first-order chi connectivity index (χ1) is 10.1. The Labute approximate surface area is 120 Å². The Hall–Kier alpha value is -3.07. The van der Waals surface area contributed by atoms with Crippen molar-refractivity contribution in [2.75, 3.05) is 16.4 Å². The van der Waals surface area contributed by atoms with Crippen molar-refractivity contribution in [2.45, 2.75) is 6.42 Å². The van der Waals surface area contributed by atoms with Gasteiger partial charge in [0.05, 0.1) is 35.1 Å². The fourth-order valence-electron chi connectivity index (χ4n) is 2.23. The number of hydrogen-bond donors (Lipinski definition) is 3. The fraction of sp³-hybridized carbons (Fsp3) is 0.0667. The molecule has 0 atom stereocenters. The fourth-order valence-corrected chi connectivity index (χ4v) is 2.23. The molecule has 5 nitrogen and oxygen atoms in total. The molecule has 4 N–H and O–H groups in total. The van der Waals surface area contributed by atoms with E-state index in [0.717, 1.165) is 11.6 Å². The Kier molecular flexibility index (Phi) is 2.95. The zero-order chi connectivity index (χ0) is 15.0. The molecular weight excluding hydrogens is 271 g/mol. The van der Waals surface area contributed by atoms with Crippen LogP contribution in [0, 0.1) is 17.1 Å². The lowest BCUT2D eigenvalue weighted by atomic mass is 10.1. The Morgan fingerprint density at radius 1 is 1.29 bits per heavy atom. The average molecular weight is 282 g/mol. The summed E-state index contributed by atoms with van der Waals surface area (Å²) < 4.78 is 13.9. The molecule has 3 rings (SSSR count). The lowest BCUT2D eigenvalue weighted by molar-refractivity contribution is -0.115. The number of anilines is 4. The summed E-state index contributed by atoms with van der Waals surface area (Å²) in [5, 5.41) is 14.3. The van der Waals surface area contributed by atoms with Crippen molar-refractivity contribution in [3.63, 3.8) is 0 Å². The van der Waals surface area contributed by atoms with Crippen LogP contribution in [0.15, 0.2) is 30.3 Å². The van der Waals surface area contributed by atoms with Crippen molar-refractivity contribution in [3.8, 4) is 6.07 Å². The van der Waals surface area contributed by atoms with Crippen molar-refractivity contribution in [1.82, 2.24) is 0 Å². The Bertz CT molecular complexity index is 795. The largest absolute Gasteiger partial charge is 0.397 e. The summed E-state index contributed by atoms with van der Waals surface area (Å²) in [5.41, 5.74) is 8.79. The molecule has 0 saturated carbocycles. The molecular formula is C15H11FN4O. The molecule has 0 unspecified atom stereocenters. The first-order valence-electron chi connectivity index (χ1n) is 6.26. The van der Waals surface area contributed by atoms with Gasteiger partial charge in [0.25, 0.3) is 0 Å². The number of nitrogens with one attached hydrogen (secondary N) is 2. The number of rotatable bonds is 2. The minimum Gasteiger partial charge on any atom is -0.397 e. The normalized spacial score (nSPS) is 12.5. The van der Waals surface area contributed by atoms with Crippen LogP contribution >= 0.6 is 0 Å². The smallest absolute Gasteiger partial charge is 0.228 e. The minimum absolute atomic E-state index is 0.0916. The van der Waals surface area contributed by atoms with E-state index in [9.17, 15) is 9.18 Å².